The molecular weight excluding hydrogens is 599 g/mol. The number of urea groups is 2. The van der Waals surface area contributed by atoms with Gasteiger partial charge in [0.05, 0.1) is 0 Å². The molecule has 0 spiro atoms. The lowest BCUT2D eigenvalue weighted by Gasteiger charge is -2.35. The van der Waals surface area contributed by atoms with Gasteiger partial charge in [0.1, 0.15) is 0 Å². The molecule has 0 aromatic carbocycles. The number of aliphatic imine (C=N–C) groups is 2. The molecule has 2 N–H and O–H groups in total. The summed E-state index contributed by atoms with van der Waals surface area (Å²) < 4.78 is 0. The number of allylic oxidation sites excluding steroid dienone is 2. The maximum atomic E-state index is 12.6. The molecule has 40 heavy (non-hydrogen) atoms. The Labute approximate surface area is 251 Å². The molecule has 6 amide bonds. The lowest BCUT2D eigenvalue weighted by molar-refractivity contribution is -0.127. The number of hydrogen-bond acceptors (Lipinski definition) is 10. The van der Waals surface area contributed by atoms with Crippen molar-refractivity contribution in [2.24, 2.45) is 9.98 Å². The number of fused-ring (bicyclic) bond motifs is 2. The van der Waals surface area contributed by atoms with Gasteiger partial charge in [-0.05, 0) is 26.7 Å². The third-order valence-corrected chi connectivity index (χ3v) is 9.27. The number of thioether (sulfide) groups is 2. The van der Waals surface area contributed by atoms with E-state index in [0.29, 0.717) is 33.5 Å². The molecule has 0 aromatic heterocycles. The van der Waals surface area contributed by atoms with Crippen LogP contribution in [0.2, 0.25) is 0 Å². The Kier molecular flexibility index (Phi) is 9.96. The number of amides is 6. The van der Waals surface area contributed by atoms with Crippen molar-refractivity contribution in [3.05, 3.63) is 22.2 Å². The molecule has 0 aromatic rings. The van der Waals surface area contributed by atoms with Crippen LogP contribution in [0.4, 0.5) is 9.59 Å². The number of carbonyl (C=O) groups is 4. The minimum atomic E-state index is -0.601. The number of rotatable bonds is 9. The van der Waals surface area contributed by atoms with Gasteiger partial charge >= 0.3 is 12.1 Å². The number of unbranched alkanes of at least 4 members (excludes halogenated alkanes) is 1. The van der Waals surface area contributed by atoms with Gasteiger partial charge < -0.3 is 19.6 Å². The van der Waals surface area contributed by atoms with E-state index >= 15 is 0 Å². The summed E-state index contributed by atoms with van der Waals surface area (Å²) in [6.45, 7) is 4.36. The molecule has 4 rings (SSSR count). The number of carbonyl (C=O) groups excluding carboxylic acids is 4. The van der Waals surface area contributed by atoms with Gasteiger partial charge in [-0.1, -0.05) is 58.9 Å². The van der Waals surface area contributed by atoms with E-state index in [1.807, 2.05) is 22.0 Å². The van der Waals surface area contributed by atoms with E-state index in [-0.39, 0.29) is 11.8 Å². The Hall–Kier alpha value is -2.42. The Bertz CT molecular complexity index is 1100. The molecule has 0 bridgehead atoms. The highest BCUT2D eigenvalue weighted by atomic mass is 35.5. The Balaban J connectivity index is 1.33. The molecule has 4 aliphatic rings. The zero-order valence-electron chi connectivity index (χ0n) is 22.6. The highest BCUT2D eigenvalue weighted by molar-refractivity contribution is 8.14. The first-order chi connectivity index (χ1) is 19.0. The standard InChI is InChI=1S/C24H32Cl2N8O4S2/c1-13(25)7-9-33-15-17(31(3)21(37)29-19(15)35)27-23(33)39-11-5-6-12-40-24-28-18-16(34(24)10-8-14(2)26)20(36)30-22(38)32(18)4/h7-8,15-18H,5-6,9-12H2,1-4H3,(H,29,35,37)(H,30,36,38)/b13-7+,14-8+. The van der Waals surface area contributed by atoms with Gasteiger partial charge in [-0.2, -0.15) is 0 Å². The number of nitrogens with zero attached hydrogens (tertiary/aromatic N) is 6. The zero-order chi connectivity index (χ0) is 29.1. The molecule has 4 atom stereocenters. The average Bonchev–Trinajstić information content (AvgIpc) is 3.44. The fourth-order valence-electron chi connectivity index (χ4n) is 4.60. The van der Waals surface area contributed by atoms with E-state index in [0.717, 1.165) is 24.3 Å². The molecular formula is C24H32Cl2N8O4S2. The first-order valence-corrected chi connectivity index (χ1v) is 15.5. The van der Waals surface area contributed by atoms with Crippen molar-refractivity contribution >= 4 is 80.9 Å². The Morgan fingerprint density at radius 3 is 1.50 bits per heavy atom. The summed E-state index contributed by atoms with van der Waals surface area (Å²) in [7, 11) is 3.25. The highest BCUT2D eigenvalue weighted by Gasteiger charge is 2.49. The third kappa shape index (κ3) is 6.55. The number of imide groups is 2. The lowest BCUT2D eigenvalue weighted by atomic mass is 10.1. The Morgan fingerprint density at radius 1 is 0.775 bits per heavy atom. The van der Waals surface area contributed by atoms with Crippen molar-refractivity contribution in [2.45, 2.75) is 51.1 Å². The van der Waals surface area contributed by atoms with E-state index in [4.69, 9.17) is 33.2 Å². The van der Waals surface area contributed by atoms with Crippen molar-refractivity contribution in [3.63, 3.8) is 0 Å². The molecule has 2 saturated heterocycles. The number of likely N-dealkylation sites (N-methyl/N-ethyl adjacent to an activating group) is 2. The normalized spacial score (nSPS) is 27.1. The number of hydrogen-bond donors (Lipinski definition) is 2. The summed E-state index contributed by atoms with van der Waals surface area (Å²) in [5, 5.41) is 7.40. The predicted octanol–water partition coefficient (Wildman–Crippen LogP) is 2.61. The summed E-state index contributed by atoms with van der Waals surface area (Å²) in [4.78, 5) is 65.5. The summed E-state index contributed by atoms with van der Waals surface area (Å²) in [6.07, 6.45) is 4.21. The van der Waals surface area contributed by atoms with Crippen LogP contribution in [0.15, 0.2) is 32.2 Å². The largest absolute Gasteiger partial charge is 0.332 e. The first-order valence-electron chi connectivity index (χ1n) is 12.7. The lowest BCUT2D eigenvalue weighted by Crippen LogP contribution is -2.63. The second kappa shape index (κ2) is 13.0. The van der Waals surface area contributed by atoms with Crippen LogP contribution in [0, 0.1) is 0 Å². The van der Waals surface area contributed by atoms with Crippen LogP contribution in [-0.4, -0.2) is 117 Å². The maximum absolute atomic E-state index is 12.6. The summed E-state index contributed by atoms with van der Waals surface area (Å²) in [5.41, 5.74) is 0. The van der Waals surface area contributed by atoms with Gasteiger partial charge in [-0.25, -0.2) is 19.6 Å². The minimum absolute atomic E-state index is 0.368. The fourth-order valence-corrected chi connectivity index (χ4v) is 6.88. The minimum Gasteiger partial charge on any atom is -0.332 e. The molecule has 0 saturated carbocycles. The maximum Gasteiger partial charge on any atom is 0.325 e. The quantitative estimate of drug-likeness (QED) is 0.372. The molecule has 218 valence electrons. The van der Waals surface area contributed by atoms with Crippen molar-refractivity contribution in [3.8, 4) is 0 Å². The van der Waals surface area contributed by atoms with Crippen LogP contribution in [0.3, 0.4) is 0 Å². The first kappa shape index (κ1) is 30.5. The fraction of sp³-hybridized carbons (Fsp3) is 0.583. The molecule has 0 aliphatic carbocycles. The van der Waals surface area contributed by atoms with E-state index in [1.54, 1.807) is 51.5 Å². The molecule has 16 heteroatoms. The van der Waals surface area contributed by atoms with Crippen LogP contribution in [-0.2, 0) is 9.59 Å². The van der Waals surface area contributed by atoms with Crippen LogP contribution in [0.25, 0.3) is 0 Å². The molecule has 4 unspecified atom stereocenters. The molecule has 12 nitrogen and oxygen atoms in total. The van der Waals surface area contributed by atoms with Crippen LogP contribution in [0.5, 0.6) is 0 Å². The van der Waals surface area contributed by atoms with Crippen molar-refractivity contribution < 1.29 is 19.2 Å². The second-order valence-corrected chi connectivity index (χ2v) is 13.0. The van der Waals surface area contributed by atoms with E-state index in [1.165, 1.54) is 9.80 Å². The van der Waals surface area contributed by atoms with Gasteiger partial charge in [-0.3, -0.25) is 20.2 Å². The summed E-state index contributed by atoms with van der Waals surface area (Å²) in [6, 6.07) is -2.13. The summed E-state index contributed by atoms with van der Waals surface area (Å²) >= 11 is 15.2. The number of halogens is 2. The molecule has 4 aliphatic heterocycles. The second-order valence-electron chi connectivity index (χ2n) is 9.64. The molecule has 4 heterocycles. The van der Waals surface area contributed by atoms with E-state index in [2.05, 4.69) is 10.6 Å². The number of nitrogens with one attached hydrogen (secondary N) is 2. The van der Waals surface area contributed by atoms with Crippen LogP contribution >= 0.6 is 46.7 Å². The Morgan fingerprint density at radius 2 is 1.15 bits per heavy atom. The molecule has 0 radical (unpaired) electrons. The third-order valence-electron chi connectivity index (χ3n) is 6.78. The van der Waals surface area contributed by atoms with Crippen molar-refractivity contribution in [2.75, 3.05) is 38.7 Å². The van der Waals surface area contributed by atoms with Gasteiger partial charge in [-0.15, -0.1) is 0 Å². The highest BCUT2D eigenvalue weighted by Crippen LogP contribution is 2.31. The van der Waals surface area contributed by atoms with Gasteiger partial charge in [0.25, 0.3) is 11.8 Å². The predicted molar refractivity (Wildman–Crippen MR) is 159 cm³/mol. The van der Waals surface area contributed by atoms with Gasteiger partial charge in [0, 0.05) is 48.8 Å². The zero-order valence-corrected chi connectivity index (χ0v) is 25.7. The van der Waals surface area contributed by atoms with Crippen molar-refractivity contribution in [1.29, 1.82) is 0 Å². The average molecular weight is 632 g/mol. The smallest absolute Gasteiger partial charge is 0.325 e. The van der Waals surface area contributed by atoms with Gasteiger partial charge in [0.15, 0.2) is 34.8 Å². The monoisotopic (exact) mass is 630 g/mol. The SMILES string of the molecule is C/C(Cl)=C\CN1C(SCCCCSC2=NC3C(C(=O)NC(=O)N3C)N2C/C=C(\C)Cl)=NC2C1C(=O)NC(=O)N2C. The molecule has 2 fully saturated rings. The van der Waals surface area contributed by atoms with Crippen molar-refractivity contribution in [1.82, 2.24) is 30.2 Å². The topological polar surface area (TPSA) is 130 Å². The summed E-state index contributed by atoms with van der Waals surface area (Å²) in [5.74, 6) is 0.778. The van der Waals surface area contributed by atoms with Crippen LogP contribution < -0.4 is 10.6 Å². The van der Waals surface area contributed by atoms with Gasteiger partial charge in [0.2, 0.25) is 0 Å². The number of amidine groups is 2. The van der Waals surface area contributed by atoms with Crippen LogP contribution in [0.1, 0.15) is 26.7 Å². The van der Waals surface area contributed by atoms with E-state index < -0.39 is 36.5 Å². The van der Waals surface area contributed by atoms with E-state index in [9.17, 15) is 19.2 Å².